The zero-order chi connectivity index (χ0) is 28.6. The highest BCUT2D eigenvalue weighted by molar-refractivity contribution is 5.68. The molecule has 0 bridgehead atoms. The monoisotopic (exact) mass is 234 g/mol. The molecule has 0 aromatic heterocycles. The fraction of sp³-hybridized carbons (Fsp3) is 0.909. The van der Waals surface area contributed by atoms with Gasteiger partial charge < -0.3 is 15.4 Å². The molecule has 0 spiro atoms. The first kappa shape index (κ1) is 2.13. The largest absolute Gasteiger partial charge is 0.444 e. The number of ether oxygens (including phenoxy) is 1. The number of hydrogen-bond acceptors (Lipinski definition) is 3. The van der Waals surface area contributed by atoms with Gasteiger partial charge in [-0.15, -0.1) is 0 Å². The zero-order valence-electron chi connectivity index (χ0n) is 27.4. The third-order valence-corrected chi connectivity index (χ3v) is 1.18. The van der Waals surface area contributed by atoms with Gasteiger partial charge in [0.2, 0.25) is 0 Å². The van der Waals surface area contributed by atoms with E-state index in [0.29, 0.717) is 0 Å². The Morgan fingerprint density at radius 1 is 1.93 bits per heavy atom. The highest BCUT2D eigenvalue weighted by Crippen LogP contribution is 2.19. The third kappa shape index (κ3) is 3.70. The van der Waals surface area contributed by atoms with Gasteiger partial charge in [0, 0.05) is 42.3 Å². The summed E-state index contributed by atoms with van der Waals surface area (Å²) in [6, 6.07) is -4.42. The maximum Gasteiger partial charge on any atom is 0.410 e. The minimum atomic E-state index is -4.42. The Bertz CT molecular complexity index is 818. The molecule has 0 radical (unpaired) electrons. The molecular weight excluding hydrogens is 192 g/mol. The van der Waals surface area contributed by atoms with Gasteiger partial charge in [0.15, 0.2) is 0 Å². The van der Waals surface area contributed by atoms with E-state index in [0.717, 1.165) is 0 Å². The van der Waals surface area contributed by atoms with Crippen LogP contribution in [0.1, 0.15) is 64.4 Å². The number of nitrogens with zero attached hydrogens (tertiary/aromatic N) is 1. The van der Waals surface area contributed by atoms with Crippen molar-refractivity contribution < 1.29 is 37.0 Å². The second-order valence-electron chi connectivity index (χ2n) is 2.48. The van der Waals surface area contributed by atoms with Crippen molar-refractivity contribution in [2.75, 3.05) is 13.0 Å². The van der Waals surface area contributed by atoms with Gasteiger partial charge in [-0.25, -0.2) is 4.79 Å². The molecule has 0 saturated carbocycles. The molecule has 1 saturated heterocycles. The van der Waals surface area contributed by atoms with Crippen LogP contribution < -0.4 is 5.72 Å². The summed E-state index contributed by atoms with van der Waals surface area (Å²) >= 11 is 0. The van der Waals surface area contributed by atoms with E-state index in [4.69, 9.17) is 27.5 Å². The fourth-order valence-electron chi connectivity index (χ4n) is 0.696. The van der Waals surface area contributed by atoms with Crippen LogP contribution in [0.2, 0.25) is 2.82 Å². The number of carbonyl (C=O) groups excluding carboxylic acids is 1. The maximum atomic E-state index is 13.2. The molecule has 2 N–H and O–H groups in total. The quantitative estimate of drug-likeness (QED) is 0.792. The van der Waals surface area contributed by atoms with Gasteiger partial charge in [-0.2, -0.15) is 0 Å². The minimum Gasteiger partial charge on any atom is -0.444 e. The summed E-state index contributed by atoms with van der Waals surface area (Å²) in [4.78, 5) is 12.1. The highest BCUT2D eigenvalue weighted by atomic mass is 16.6. The van der Waals surface area contributed by atoms with Crippen LogP contribution in [0.25, 0.3) is 0 Å². The van der Waals surface area contributed by atoms with Crippen LogP contribution >= 0.6 is 0 Å². The molecule has 1 amide bonds. The second-order valence-corrected chi connectivity index (χ2v) is 2.48. The van der Waals surface area contributed by atoms with E-state index < -0.39 is 81.0 Å². The molecule has 4 heteroatoms. The van der Waals surface area contributed by atoms with Crippen molar-refractivity contribution in [2.45, 2.75) is 51.3 Å². The van der Waals surface area contributed by atoms with Crippen LogP contribution in [0, 0.1) is 0 Å². The normalized spacial score (nSPS) is 63.4. The summed E-state index contributed by atoms with van der Waals surface area (Å²) in [7, 11) is 0. The molecule has 4 nitrogen and oxygen atoms in total. The van der Waals surface area contributed by atoms with Gasteiger partial charge >= 0.3 is 6.09 Å². The minimum absolute atomic E-state index is 1.03. The number of nitrogens with two attached hydrogens (primary N) is 1. The number of rotatable bonds is 2. The Morgan fingerprint density at radius 2 is 2.80 bits per heavy atom. The Labute approximate surface area is 120 Å². The first-order valence-corrected chi connectivity index (χ1v) is 3.61. The van der Waals surface area contributed by atoms with Crippen LogP contribution in [-0.4, -0.2) is 35.6 Å². The van der Waals surface area contributed by atoms with Gasteiger partial charge in [-0.05, 0) is 39.7 Å². The van der Waals surface area contributed by atoms with Crippen molar-refractivity contribution in [3.05, 3.63) is 0 Å². The fourth-order valence-corrected chi connectivity index (χ4v) is 0.696. The number of piperidine rings is 1. The lowest BCUT2D eigenvalue weighted by molar-refractivity contribution is 0.0109. The van der Waals surface area contributed by atoms with Crippen molar-refractivity contribution in [1.82, 2.24) is 4.90 Å². The molecule has 1 fully saturated rings. The average molecular weight is 234 g/mol. The summed E-state index contributed by atoms with van der Waals surface area (Å²) in [6.07, 6.45) is -15.2. The van der Waals surface area contributed by atoms with Crippen LogP contribution in [0.4, 0.5) is 4.79 Å². The molecule has 0 aromatic carbocycles. The summed E-state index contributed by atoms with van der Waals surface area (Å²) in [6.45, 7) is -17.9. The number of hydrogen-bond donors (Lipinski definition) is 1. The van der Waals surface area contributed by atoms with Crippen molar-refractivity contribution >= 4 is 6.09 Å². The van der Waals surface area contributed by atoms with Gasteiger partial charge in [-0.1, -0.05) is 0 Å². The van der Waals surface area contributed by atoms with E-state index in [1.807, 2.05) is 0 Å². The number of likely N-dealkylation sites (tertiary alicyclic amines) is 1. The van der Waals surface area contributed by atoms with Crippen molar-refractivity contribution in [3.8, 4) is 0 Å². The molecule has 15 heavy (non-hydrogen) atoms. The lowest BCUT2D eigenvalue weighted by atomic mass is 10.0. The molecule has 1 aliphatic heterocycles. The van der Waals surface area contributed by atoms with Crippen molar-refractivity contribution in [2.24, 2.45) is 5.72 Å². The van der Waals surface area contributed by atoms with Gasteiger partial charge in [0.1, 0.15) is 8.42 Å². The molecule has 88 valence electrons. The highest BCUT2D eigenvalue weighted by Gasteiger charge is 2.29. The lowest BCUT2D eigenvalue weighted by Crippen LogP contribution is -2.49. The van der Waals surface area contributed by atoms with Crippen LogP contribution in [0.15, 0.2) is 0 Å². The molecule has 1 rings (SSSR count). The number of carbonyl (C=O) groups is 1. The summed E-state index contributed by atoms with van der Waals surface area (Å²) in [5.41, 5.74) is -4.80. The van der Waals surface area contributed by atoms with Gasteiger partial charge in [-0.3, -0.25) is 0 Å². The molecule has 0 aromatic rings. The SMILES string of the molecule is [2H]CC(OC(=O)N1C([2H])([2H])C([2H])([2H])C([2H])([2H])C([2H])([2H])[C@@]1([2H])C([2H])([2H])N([2H])[2H])(C([2H])([2H])[2H])C([2H])([2H])[2H]. The van der Waals surface area contributed by atoms with Crippen LogP contribution in [0.5, 0.6) is 0 Å². The molecule has 0 unspecified atom stereocenters. The van der Waals surface area contributed by atoms with E-state index in [1.54, 1.807) is 0 Å². The standard InChI is InChI=1S/C11H22N2O2/c1-11(2,3)15-10(14)13-7-5-4-6-9(13)8-12/h9H,4-8,12H2,1-3H3/t9-/m0/s1/i1D,2D3,3D3,4D2,5D2,6D2,7D2,8D2,9D/hD2. The number of amides is 1. The molecule has 1 heterocycles. The molecule has 1 atom stereocenters. The Balaban J connectivity index is 4.13. The second kappa shape index (κ2) is 4.84. The van der Waals surface area contributed by atoms with E-state index in [2.05, 4.69) is 4.74 Å². The third-order valence-electron chi connectivity index (χ3n) is 1.18. The topological polar surface area (TPSA) is 55.6 Å². The van der Waals surface area contributed by atoms with E-state index in [1.165, 1.54) is 0 Å². The summed E-state index contributed by atoms with van der Waals surface area (Å²) in [5, 5.41) is 0. The first-order valence-electron chi connectivity index (χ1n) is 13.7. The molecule has 0 aliphatic carbocycles. The average Bonchev–Trinajstić information content (AvgIpc) is 2.61. The van der Waals surface area contributed by atoms with Crippen molar-refractivity contribution in [3.63, 3.8) is 0 Å². The van der Waals surface area contributed by atoms with Crippen molar-refractivity contribution in [1.29, 1.82) is 0 Å². The predicted octanol–water partition coefficient (Wildman–Crippen LogP) is 1.73. The van der Waals surface area contributed by atoms with E-state index >= 15 is 0 Å². The predicted molar refractivity (Wildman–Crippen MR) is 59.6 cm³/mol. The maximum absolute atomic E-state index is 13.2. The van der Waals surface area contributed by atoms with Gasteiger partial charge in [0.05, 0.1) is 1.37 Å². The summed E-state index contributed by atoms with van der Waals surface area (Å²) in [5.74, 6) is 0. The van der Waals surface area contributed by atoms with Crippen LogP contribution in [0.3, 0.4) is 0 Å². The Morgan fingerprint density at radius 3 is 3.47 bits per heavy atom. The van der Waals surface area contributed by atoms with Gasteiger partial charge in [0.25, 0.3) is 0 Å². The van der Waals surface area contributed by atoms with Crippen LogP contribution in [-0.2, 0) is 4.74 Å². The smallest absolute Gasteiger partial charge is 0.410 e. The molecule has 1 aliphatic rings. The van der Waals surface area contributed by atoms with E-state index in [-0.39, 0.29) is 0 Å². The first-order chi connectivity index (χ1) is 15.0. The summed E-state index contributed by atoms with van der Waals surface area (Å²) < 4.78 is 159. The Kier molecular flexibility index (Phi) is 0.685. The lowest BCUT2D eigenvalue weighted by Gasteiger charge is -2.36. The van der Waals surface area contributed by atoms with E-state index in [9.17, 15) is 4.79 Å². The zero-order valence-corrected chi connectivity index (χ0v) is 7.42. The molecular formula is C11H22N2O2. The Hall–Kier alpha value is -0.770.